The van der Waals surface area contributed by atoms with E-state index < -0.39 is 0 Å². The first-order chi connectivity index (χ1) is 8.22. The maximum atomic E-state index is 13.3. The summed E-state index contributed by atoms with van der Waals surface area (Å²) in [6, 6.07) is 7.90. The average Bonchev–Trinajstić information content (AvgIpc) is 2.38. The Morgan fingerprint density at radius 3 is 2.71 bits per heavy atom. The molecule has 0 bridgehead atoms. The molecule has 0 spiro atoms. The lowest BCUT2D eigenvalue weighted by Gasteiger charge is -2.05. The summed E-state index contributed by atoms with van der Waals surface area (Å²) in [7, 11) is 1.49. The molecule has 1 aromatic carbocycles. The molecule has 0 saturated carbocycles. The number of ether oxygens (including phenoxy) is 1. The fourth-order valence-corrected chi connectivity index (χ4v) is 1.52. The summed E-state index contributed by atoms with van der Waals surface area (Å²) in [5, 5.41) is 8.91. The van der Waals surface area contributed by atoms with Gasteiger partial charge in [-0.3, -0.25) is 4.98 Å². The fraction of sp³-hybridized carbons (Fsp3) is 0.154. The number of benzene rings is 1. The minimum absolute atomic E-state index is 0.0558. The Morgan fingerprint density at radius 1 is 1.29 bits per heavy atom. The van der Waals surface area contributed by atoms with Gasteiger partial charge in [0.25, 0.3) is 0 Å². The molecule has 2 aromatic rings. The Kier molecular flexibility index (Phi) is 3.35. The van der Waals surface area contributed by atoms with E-state index in [1.807, 2.05) is 0 Å². The summed E-state index contributed by atoms with van der Waals surface area (Å²) in [5.74, 6) is 0.0837. The zero-order chi connectivity index (χ0) is 12.3. The van der Waals surface area contributed by atoms with Gasteiger partial charge in [0.2, 0.25) is 0 Å². The molecule has 0 atom stereocenters. The number of aliphatic hydroxyl groups excluding tert-OH is 1. The molecule has 0 fully saturated rings. The van der Waals surface area contributed by atoms with E-state index in [0.717, 1.165) is 5.56 Å². The van der Waals surface area contributed by atoms with Crippen LogP contribution >= 0.6 is 0 Å². The molecule has 0 aliphatic heterocycles. The highest BCUT2D eigenvalue weighted by molar-refractivity contribution is 5.61. The summed E-state index contributed by atoms with van der Waals surface area (Å²) in [6.07, 6.45) is 1.56. The van der Waals surface area contributed by atoms with Gasteiger partial charge in [-0.05, 0) is 23.8 Å². The molecule has 0 unspecified atom stereocenters. The van der Waals surface area contributed by atoms with Crippen LogP contribution in [0, 0.1) is 5.82 Å². The van der Waals surface area contributed by atoms with E-state index in [1.54, 1.807) is 24.4 Å². The summed E-state index contributed by atoms with van der Waals surface area (Å²) >= 11 is 0. The van der Waals surface area contributed by atoms with Crippen LogP contribution in [-0.2, 0) is 6.61 Å². The molecule has 0 radical (unpaired) electrons. The number of nitrogens with zero attached hydrogens (tertiary/aromatic N) is 1. The van der Waals surface area contributed by atoms with Crippen LogP contribution in [-0.4, -0.2) is 17.2 Å². The lowest BCUT2D eigenvalue weighted by molar-refractivity contribution is 0.281. The molecule has 0 aliphatic carbocycles. The van der Waals surface area contributed by atoms with Gasteiger partial charge in [0.15, 0.2) is 0 Å². The van der Waals surface area contributed by atoms with E-state index >= 15 is 0 Å². The van der Waals surface area contributed by atoms with Gasteiger partial charge in [-0.25, -0.2) is 4.39 Å². The molecular formula is C13H12FNO2. The van der Waals surface area contributed by atoms with Gasteiger partial charge in [0.1, 0.15) is 11.6 Å². The van der Waals surface area contributed by atoms with Crippen molar-refractivity contribution < 1.29 is 14.2 Å². The number of hydrogen-bond donors (Lipinski definition) is 1. The quantitative estimate of drug-likeness (QED) is 0.885. The standard InChI is InChI=1S/C13H12FNO2/c1-17-12-5-10(4-11(14)6-12)13-3-2-9(8-16)7-15-13/h2-7,16H,8H2,1H3. The van der Waals surface area contributed by atoms with E-state index in [-0.39, 0.29) is 12.4 Å². The molecule has 2 rings (SSSR count). The van der Waals surface area contributed by atoms with Crippen LogP contribution in [0.15, 0.2) is 36.5 Å². The first-order valence-electron chi connectivity index (χ1n) is 5.13. The molecule has 0 amide bonds. The Balaban J connectivity index is 2.41. The molecule has 88 valence electrons. The van der Waals surface area contributed by atoms with Crippen LogP contribution < -0.4 is 4.74 Å². The number of rotatable bonds is 3. The number of pyridine rings is 1. The molecular weight excluding hydrogens is 221 g/mol. The van der Waals surface area contributed by atoms with E-state index in [1.165, 1.54) is 19.2 Å². The summed E-state index contributed by atoms with van der Waals surface area (Å²) in [5.41, 5.74) is 2.00. The van der Waals surface area contributed by atoms with Crippen molar-refractivity contribution in [3.05, 3.63) is 47.9 Å². The molecule has 4 heteroatoms. The Labute approximate surface area is 98.5 Å². The highest BCUT2D eigenvalue weighted by Gasteiger charge is 2.04. The van der Waals surface area contributed by atoms with E-state index in [4.69, 9.17) is 9.84 Å². The van der Waals surface area contributed by atoms with Crippen molar-refractivity contribution in [2.24, 2.45) is 0 Å². The second kappa shape index (κ2) is 4.93. The lowest BCUT2D eigenvalue weighted by atomic mass is 10.1. The summed E-state index contributed by atoms with van der Waals surface area (Å²) in [4.78, 5) is 4.15. The van der Waals surface area contributed by atoms with Crippen molar-refractivity contribution in [2.75, 3.05) is 7.11 Å². The van der Waals surface area contributed by atoms with Crippen molar-refractivity contribution in [1.82, 2.24) is 4.98 Å². The summed E-state index contributed by atoms with van der Waals surface area (Å²) in [6.45, 7) is -0.0558. The SMILES string of the molecule is COc1cc(F)cc(-c2ccc(CO)cn2)c1. The number of halogens is 1. The molecule has 3 nitrogen and oxygen atoms in total. The highest BCUT2D eigenvalue weighted by Crippen LogP contribution is 2.24. The van der Waals surface area contributed by atoms with Crippen molar-refractivity contribution in [2.45, 2.75) is 6.61 Å². The van der Waals surface area contributed by atoms with Gasteiger partial charge in [-0.15, -0.1) is 0 Å². The zero-order valence-electron chi connectivity index (χ0n) is 9.35. The van der Waals surface area contributed by atoms with Crippen LogP contribution in [0.3, 0.4) is 0 Å². The molecule has 1 N–H and O–H groups in total. The summed E-state index contributed by atoms with van der Waals surface area (Å²) < 4.78 is 18.3. The maximum Gasteiger partial charge on any atom is 0.127 e. The second-order valence-corrected chi connectivity index (χ2v) is 3.59. The topological polar surface area (TPSA) is 42.4 Å². The van der Waals surface area contributed by atoms with E-state index in [9.17, 15) is 4.39 Å². The van der Waals surface area contributed by atoms with Gasteiger partial charge >= 0.3 is 0 Å². The van der Waals surface area contributed by atoms with Crippen molar-refractivity contribution in [3.63, 3.8) is 0 Å². The van der Waals surface area contributed by atoms with E-state index in [2.05, 4.69) is 4.98 Å². The first kappa shape index (κ1) is 11.5. The number of methoxy groups -OCH3 is 1. The lowest BCUT2D eigenvalue weighted by Crippen LogP contribution is -1.90. The molecule has 17 heavy (non-hydrogen) atoms. The second-order valence-electron chi connectivity index (χ2n) is 3.59. The molecule has 0 aliphatic rings. The van der Waals surface area contributed by atoms with Gasteiger partial charge in [0, 0.05) is 17.8 Å². The monoisotopic (exact) mass is 233 g/mol. The molecule has 1 heterocycles. The zero-order valence-corrected chi connectivity index (χ0v) is 9.35. The minimum atomic E-state index is -0.368. The van der Waals surface area contributed by atoms with Gasteiger partial charge < -0.3 is 9.84 Å². The molecule has 1 aromatic heterocycles. The predicted molar refractivity (Wildman–Crippen MR) is 62.1 cm³/mol. The maximum absolute atomic E-state index is 13.3. The van der Waals surface area contributed by atoms with Crippen molar-refractivity contribution >= 4 is 0 Å². The largest absolute Gasteiger partial charge is 0.497 e. The van der Waals surface area contributed by atoms with Crippen LogP contribution in [0.25, 0.3) is 11.3 Å². The fourth-order valence-electron chi connectivity index (χ4n) is 1.52. The number of aliphatic hydroxyl groups is 1. The number of aromatic nitrogens is 1. The van der Waals surface area contributed by atoms with Crippen LogP contribution in [0.5, 0.6) is 5.75 Å². The van der Waals surface area contributed by atoms with Gasteiger partial charge in [0.05, 0.1) is 19.4 Å². The third kappa shape index (κ3) is 2.60. The van der Waals surface area contributed by atoms with Crippen LogP contribution in [0.4, 0.5) is 4.39 Å². The Morgan fingerprint density at radius 2 is 2.12 bits per heavy atom. The number of hydrogen-bond acceptors (Lipinski definition) is 3. The first-order valence-corrected chi connectivity index (χ1v) is 5.13. The smallest absolute Gasteiger partial charge is 0.127 e. The third-order valence-electron chi connectivity index (χ3n) is 2.41. The average molecular weight is 233 g/mol. The Hall–Kier alpha value is -1.94. The normalized spacial score (nSPS) is 10.3. The highest BCUT2D eigenvalue weighted by atomic mass is 19.1. The van der Waals surface area contributed by atoms with E-state index in [0.29, 0.717) is 17.0 Å². The van der Waals surface area contributed by atoms with Crippen molar-refractivity contribution in [1.29, 1.82) is 0 Å². The minimum Gasteiger partial charge on any atom is -0.497 e. The van der Waals surface area contributed by atoms with Crippen LogP contribution in [0.1, 0.15) is 5.56 Å². The van der Waals surface area contributed by atoms with Gasteiger partial charge in [-0.2, -0.15) is 0 Å². The molecule has 0 saturated heterocycles. The van der Waals surface area contributed by atoms with Crippen LogP contribution in [0.2, 0.25) is 0 Å². The van der Waals surface area contributed by atoms with Crippen molar-refractivity contribution in [3.8, 4) is 17.0 Å². The third-order valence-corrected chi connectivity index (χ3v) is 2.41. The van der Waals surface area contributed by atoms with Gasteiger partial charge in [-0.1, -0.05) is 6.07 Å². The Bertz CT molecular complexity index is 511. The predicted octanol–water partition coefficient (Wildman–Crippen LogP) is 2.39.